The monoisotopic (exact) mass is 464 g/mol. The second-order valence-corrected chi connectivity index (χ2v) is 11.0. The molecule has 2 heterocycles. The summed E-state index contributed by atoms with van der Waals surface area (Å²) in [6.07, 6.45) is 0. The highest BCUT2D eigenvalue weighted by Gasteiger charge is 2.49. The van der Waals surface area contributed by atoms with Crippen LogP contribution in [0.2, 0.25) is 0 Å². The lowest BCUT2D eigenvalue weighted by molar-refractivity contribution is 0.100. The largest absolute Gasteiger partial charge is 0.316 e. The van der Waals surface area contributed by atoms with Gasteiger partial charge in [0.05, 0.1) is 17.5 Å². The number of thioether (sulfide) groups is 1. The number of sulfone groups is 1. The van der Waals surface area contributed by atoms with E-state index < -0.39 is 9.84 Å². The van der Waals surface area contributed by atoms with Gasteiger partial charge in [-0.3, -0.25) is 4.79 Å². The van der Waals surface area contributed by atoms with E-state index in [9.17, 15) is 13.2 Å². The molecule has 2 saturated heterocycles. The molecule has 140 valence electrons. The van der Waals surface area contributed by atoms with E-state index in [0.717, 1.165) is 15.7 Å². The van der Waals surface area contributed by atoms with Gasteiger partial charge >= 0.3 is 0 Å². The fourth-order valence-corrected chi connectivity index (χ4v) is 7.56. The second-order valence-electron chi connectivity index (χ2n) is 6.72. The van der Waals surface area contributed by atoms with Crippen molar-refractivity contribution in [2.75, 3.05) is 16.4 Å². The predicted molar refractivity (Wildman–Crippen MR) is 113 cm³/mol. The van der Waals surface area contributed by atoms with Crippen LogP contribution in [0.3, 0.4) is 0 Å². The molecule has 0 bridgehead atoms. The number of carbonyl (C=O) groups is 1. The van der Waals surface area contributed by atoms with Crippen LogP contribution in [0, 0.1) is 6.92 Å². The van der Waals surface area contributed by atoms with Crippen LogP contribution in [-0.2, 0) is 9.84 Å². The van der Waals surface area contributed by atoms with Gasteiger partial charge < -0.3 is 4.90 Å². The molecule has 1 amide bonds. The zero-order chi connectivity index (χ0) is 19.2. The summed E-state index contributed by atoms with van der Waals surface area (Å²) in [5.74, 6) is -0.120. The first-order chi connectivity index (χ1) is 12.8. The summed E-state index contributed by atoms with van der Waals surface area (Å²) in [5.41, 5.74) is 2.44. The maximum Gasteiger partial charge on any atom is 0.279 e. The molecule has 0 aromatic heterocycles. The zero-order valence-electron chi connectivity index (χ0n) is 14.5. The van der Waals surface area contributed by atoms with Gasteiger partial charge in [-0.15, -0.1) is 0 Å². The Kier molecular flexibility index (Phi) is 4.90. The lowest BCUT2D eigenvalue weighted by Gasteiger charge is -2.24. The van der Waals surface area contributed by atoms with E-state index in [4.69, 9.17) is 0 Å². The van der Waals surface area contributed by atoms with Crippen LogP contribution in [0.25, 0.3) is 0 Å². The van der Waals surface area contributed by atoms with E-state index in [1.54, 1.807) is 24.3 Å². The lowest BCUT2D eigenvalue weighted by Crippen LogP contribution is -2.37. The van der Waals surface area contributed by atoms with Gasteiger partial charge in [0.1, 0.15) is 0 Å². The number of aliphatic imine (C=N–C) groups is 1. The number of amides is 1. The van der Waals surface area contributed by atoms with Crippen LogP contribution in [0.1, 0.15) is 15.9 Å². The smallest absolute Gasteiger partial charge is 0.279 e. The Morgan fingerprint density at radius 2 is 1.93 bits per heavy atom. The molecule has 2 aliphatic rings. The quantitative estimate of drug-likeness (QED) is 0.677. The average Bonchev–Trinajstić information content (AvgIpc) is 3.06. The molecular weight excluding hydrogens is 448 g/mol. The van der Waals surface area contributed by atoms with Gasteiger partial charge in [-0.1, -0.05) is 39.8 Å². The molecule has 0 spiro atoms. The van der Waals surface area contributed by atoms with Crippen LogP contribution >= 0.6 is 27.7 Å². The second kappa shape index (κ2) is 7.07. The number of aryl methyl sites for hydroxylation is 1. The molecule has 27 heavy (non-hydrogen) atoms. The molecule has 0 radical (unpaired) electrons. The number of rotatable bonds is 2. The Hall–Kier alpha value is -1.64. The van der Waals surface area contributed by atoms with Crippen LogP contribution in [0.15, 0.2) is 58.0 Å². The lowest BCUT2D eigenvalue weighted by atomic mass is 10.1. The summed E-state index contributed by atoms with van der Waals surface area (Å²) < 4.78 is 25.1. The fraction of sp³-hybridized carbons (Fsp3) is 0.263. The van der Waals surface area contributed by atoms with Gasteiger partial charge in [-0.2, -0.15) is 4.99 Å². The van der Waals surface area contributed by atoms with Crippen molar-refractivity contribution in [2.24, 2.45) is 4.99 Å². The zero-order valence-corrected chi connectivity index (χ0v) is 17.7. The van der Waals surface area contributed by atoms with Crippen LogP contribution < -0.4 is 4.90 Å². The molecule has 0 unspecified atom stereocenters. The highest BCUT2D eigenvalue weighted by Crippen LogP contribution is 2.41. The van der Waals surface area contributed by atoms with Crippen molar-refractivity contribution in [1.29, 1.82) is 0 Å². The Labute approximate surface area is 170 Å². The third-order valence-electron chi connectivity index (χ3n) is 4.63. The van der Waals surface area contributed by atoms with E-state index in [0.29, 0.717) is 10.7 Å². The van der Waals surface area contributed by atoms with Gasteiger partial charge in [0, 0.05) is 21.0 Å². The fourth-order valence-electron chi connectivity index (χ4n) is 3.39. The molecule has 2 aromatic carbocycles. The number of nitrogens with zero attached hydrogens (tertiary/aromatic N) is 2. The van der Waals surface area contributed by atoms with Gasteiger partial charge in [0.2, 0.25) is 0 Å². The first-order valence-corrected chi connectivity index (χ1v) is 11.9. The standard InChI is InChI=1S/C19H17BrN2O3S2/c1-12-3-2-4-15(9-12)22-16-10-27(24,25)11-17(16)26-19(22)21-18(23)13-5-7-14(20)8-6-13/h2-9,16-17H,10-11H2,1H3/t16-,17-/m1/s1. The number of anilines is 1. The third-order valence-corrected chi connectivity index (χ3v) is 8.37. The van der Waals surface area contributed by atoms with Crippen LogP contribution in [-0.4, -0.2) is 42.3 Å². The van der Waals surface area contributed by atoms with Crippen molar-refractivity contribution in [1.82, 2.24) is 0 Å². The third kappa shape index (κ3) is 3.83. The highest BCUT2D eigenvalue weighted by molar-refractivity contribution is 9.10. The minimum absolute atomic E-state index is 0.0874. The summed E-state index contributed by atoms with van der Waals surface area (Å²) in [7, 11) is -3.07. The normalized spacial score (nSPS) is 25.0. The Balaban J connectivity index is 1.72. The van der Waals surface area contributed by atoms with E-state index in [-0.39, 0.29) is 28.7 Å². The predicted octanol–water partition coefficient (Wildman–Crippen LogP) is 3.67. The Morgan fingerprint density at radius 3 is 2.63 bits per heavy atom. The topological polar surface area (TPSA) is 66.8 Å². The van der Waals surface area contributed by atoms with Crippen molar-refractivity contribution in [3.63, 3.8) is 0 Å². The summed E-state index contributed by atoms with van der Waals surface area (Å²) >= 11 is 4.74. The van der Waals surface area contributed by atoms with Crippen LogP contribution in [0.5, 0.6) is 0 Å². The molecule has 8 heteroatoms. The molecule has 4 rings (SSSR count). The average molecular weight is 465 g/mol. The van der Waals surface area contributed by atoms with E-state index in [1.165, 1.54) is 11.8 Å². The summed E-state index contributed by atoms with van der Waals surface area (Å²) in [6.45, 7) is 1.99. The van der Waals surface area contributed by atoms with Crippen molar-refractivity contribution in [2.45, 2.75) is 18.2 Å². The van der Waals surface area contributed by atoms with Gasteiger partial charge in [-0.05, 0) is 48.9 Å². The summed E-state index contributed by atoms with van der Waals surface area (Å²) in [6, 6.07) is 14.7. The molecule has 0 aliphatic carbocycles. The molecule has 2 aromatic rings. The molecule has 2 fully saturated rings. The first-order valence-electron chi connectivity index (χ1n) is 8.44. The number of amidine groups is 1. The molecule has 2 atom stereocenters. The number of fused-ring (bicyclic) bond motifs is 1. The molecule has 5 nitrogen and oxygen atoms in total. The number of halogens is 1. The van der Waals surface area contributed by atoms with Gasteiger partial charge in [0.25, 0.3) is 5.91 Å². The maximum atomic E-state index is 12.6. The number of carbonyl (C=O) groups excluding carboxylic acids is 1. The Bertz CT molecular complexity index is 1040. The summed E-state index contributed by atoms with van der Waals surface area (Å²) in [4.78, 5) is 18.9. The minimum atomic E-state index is -3.07. The van der Waals surface area contributed by atoms with E-state index >= 15 is 0 Å². The number of hydrogen-bond donors (Lipinski definition) is 0. The van der Waals surface area contributed by atoms with Crippen molar-refractivity contribution in [3.05, 3.63) is 64.1 Å². The SMILES string of the molecule is Cc1cccc(N2C(=NC(=O)c3ccc(Br)cc3)S[C@@H]3CS(=O)(=O)C[C@H]32)c1. The molecule has 0 saturated carbocycles. The van der Waals surface area contributed by atoms with Crippen molar-refractivity contribution < 1.29 is 13.2 Å². The van der Waals surface area contributed by atoms with Crippen molar-refractivity contribution >= 4 is 54.3 Å². The highest BCUT2D eigenvalue weighted by atomic mass is 79.9. The Morgan fingerprint density at radius 1 is 1.19 bits per heavy atom. The first kappa shape index (κ1) is 18.7. The number of benzene rings is 2. The van der Waals surface area contributed by atoms with Crippen molar-refractivity contribution in [3.8, 4) is 0 Å². The van der Waals surface area contributed by atoms with Gasteiger partial charge in [0.15, 0.2) is 15.0 Å². The summed E-state index contributed by atoms with van der Waals surface area (Å²) in [5, 5.41) is 0.463. The molecule has 0 N–H and O–H groups in total. The van der Waals surface area contributed by atoms with E-state index in [1.807, 2.05) is 36.1 Å². The maximum absolute atomic E-state index is 12.6. The molecular formula is C19H17BrN2O3S2. The van der Waals surface area contributed by atoms with Gasteiger partial charge in [-0.25, -0.2) is 8.42 Å². The minimum Gasteiger partial charge on any atom is -0.316 e. The van der Waals surface area contributed by atoms with E-state index in [2.05, 4.69) is 20.9 Å². The number of hydrogen-bond acceptors (Lipinski definition) is 4. The van der Waals surface area contributed by atoms with Crippen LogP contribution in [0.4, 0.5) is 5.69 Å². The molecule has 2 aliphatic heterocycles.